The summed E-state index contributed by atoms with van der Waals surface area (Å²) in [6.07, 6.45) is 5.90. The van der Waals surface area contributed by atoms with Crippen LogP contribution in [-0.2, 0) is 4.79 Å². The van der Waals surface area contributed by atoms with Crippen molar-refractivity contribution in [1.82, 2.24) is 10.2 Å². The number of carbonyl (C=O) groups excluding carboxylic acids is 2. The number of hydrogen-bond donors (Lipinski definition) is 1. The molecule has 6 rings (SSSR count). The largest absolute Gasteiger partial charge is 0.467 e. The van der Waals surface area contributed by atoms with Crippen LogP contribution in [0.25, 0.3) is 0 Å². The summed E-state index contributed by atoms with van der Waals surface area (Å²) in [5, 5.41) is 3.18. The lowest BCUT2D eigenvalue weighted by Gasteiger charge is -2.55. The van der Waals surface area contributed by atoms with E-state index in [1.165, 1.54) is 0 Å². The average Bonchev–Trinajstić information content (AvgIpc) is 2.68. The fraction of sp³-hybridized carbons (Fsp3) is 0.636. The molecule has 2 heterocycles. The van der Waals surface area contributed by atoms with Crippen molar-refractivity contribution in [2.75, 3.05) is 13.1 Å². The van der Waals surface area contributed by atoms with Crippen LogP contribution < -0.4 is 10.1 Å². The van der Waals surface area contributed by atoms with Crippen molar-refractivity contribution in [3.8, 4) is 5.75 Å². The van der Waals surface area contributed by atoms with Gasteiger partial charge in [0.1, 0.15) is 5.75 Å². The summed E-state index contributed by atoms with van der Waals surface area (Å²) in [6.45, 7) is 4.08. The van der Waals surface area contributed by atoms with Gasteiger partial charge < -0.3 is 15.0 Å². The van der Waals surface area contributed by atoms with Gasteiger partial charge in [-0.15, -0.1) is 0 Å². The predicted octanol–water partition coefficient (Wildman–Crippen LogP) is 3.20. The number of para-hydroxylation sites is 1. The molecule has 0 aromatic heterocycles. The average molecular weight is 368 g/mol. The highest BCUT2D eigenvalue weighted by Crippen LogP contribution is 2.52. The number of rotatable bonds is 1. The lowest BCUT2D eigenvalue weighted by molar-refractivity contribution is -0.156. The number of likely N-dealkylation sites (tertiary alicyclic amines) is 1. The third kappa shape index (κ3) is 2.74. The minimum atomic E-state index is -0.623. The molecule has 1 aromatic rings. The van der Waals surface area contributed by atoms with E-state index in [4.69, 9.17) is 4.74 Å². The van der Waals surface area contributed by atoms with Crippen LogP contribution in [0.1, 0.15) is 55.8 Å². The fourth-order valence-electron chi connectivity index (χ4n) is 5.73. The second kappa shape index (κ2) is 6.25. The van der Waals surface area contributed by atoms with Gasteiger partial charge in [0.05, 0.1) is 5.56 Å². The van der Waals surface area contributed by atoms with Crippen LogP contribution >= 0.6 is 0 Å². The van der Waals surface area contributed by atoms with Gasteiger partial charge in [-0.3, -0.25) is 9.59 Å². The number of carbonyl (C=O) groups is 2. The van der Waals surface area contributed by atoms with Gasteiger partial charge in [0.15, 0.2) is 5.72 Å². The summed E-state index contributed by atoms with van der Waals surface area (Å²) < 4.78 is 6.40. The molecule has 4 fully saturated rings. The molecule has 5 heteroatoms. The SMILES string of the molecule is CC1CCN(C(=O)[C@@H]2C[C@H]3CC[C@H]2C[C@]32NC(=O)c3ccccc3O2)CC1. The molecule has 144 valence electrons. The second-order valence-electron chi connectivity index (χ2n) is 9.03. The Bertz CT molecular complexity index is 771. The van der Waals surface area contributed by atoms with Gasteiger partial charge in [-0.2, -0.15) is 0 Å². The van der Waals surface area contributed by atoms with Gasteiger partial charge in [0.25, 0.3) is 5.91 Å². The molecular formula is C22H28N2O3. The first-order chi connectivity index (χ1) is 13.1. The Hall–Kier alpha value is -2.04. The summed E-state index contributed by atoms with van der Waals surface area (Å²) in [5.74, 6) is 2.31. The van der Waals surface area contributed by atoms with Crippen molar-refractivity contribution < 1.29 is 14.3 Å². The smallest absolute Gasteiger partial charge is 0.258 e. The van der Waals surface area contributed by atoms with E-state index in [-0.39, 0.29) is 17.7 Å². The lowest BCUT2D eigenvalue weighted by atomic mass is 9.59. The van der Waals surface area contributed by atoms with Crippen LogP contribution in [0.2, 0.25) is 0 Å². The molecule has 27 heavy (non-hydrogen) atoms. The minimum Gasteiger partial charge on any atom is -0.467 e. The van der Waals surface area contributed by atoms with Gasteiger partial charge in [-0.05, 0) is 56.1 Å². The number of piperidine rings is 1. The van der Waals surface area contributed by atoms with E-state index in [2.05, 4.69) is 17.1 Å². The first-order valence-electron chi connectivity index (χ1n) is 10.4. The van der Waals surface area contributed by atoms with Crippen molar-refractivity contribution in [3.05, 3.63) is 29.8 Å². The van der Waals surface area contributed by atoms with E-state index in [0.717, 1.165) is 57.5 Å². The molecule has 2 aliphatic heterocycles. The Labute approximate surface area is 160 Å². The van der Waals surface area contributed by atoms with Gasteiger partial charge >= 0.3 is 0 Å². The van der Waals surface area contributed by atoms with Crippen molar-refractivity contribution in [2.45, 2.75) is 51.2 Å². The van der Waals surface area contributed by atoms with Crippen molar-refractivity contribution in [3.63, 3.8) is 0 Å². The van der Waals surface area contributed by atoms with Crippen molar-refractivity contribution >= 4 is 11.8 Å². The number of hydrogen-bond acceptors (Lipinski definition) is 3. The Kier molecular flexibility index (Phi) is 3.95. The normalized spacial score (nSPS) is 35.5. The molecule has 0 unspecified atom stereocenters. The van der Waals surface area contributed by atoms with Crippen LogP contribution in [0, 0.1) is 23.7 Å². The zero-order valence-corrected chi connectivity index (χ0v) is 15.9. The minimum absolute atomic E-state index is 0.0442. The maximum absolute atomic E-state index is 13.2. The molecule has 1 saturated heterocycles. The number of benzene rings is 1. The number of nitrogens with one attached hydrogen (secondary N) is 1. The zero-order chi connectivity index (χ0) is 18.6. The molecular weight excluding hydrogens is 340 g/mol. The van der Waals surface area contributed by atoms with E-state index >= 15 is 0 Å². The highest BCUT2D eigenvalue weighted by molar-refractivity contribution is 5.98. The summed E-state index contributed by atoms with van der Waals surface area (Å²) in [4.78, 5) is 27.9. The summed E-state index contributed by atoms with van der Waals surface area (Å²) in [5.41, 5.74) is -0.0127. The molecule has 3 saturated carbocycles. The highest BCUT2D eigenvalue weighted by Gasteiger charge is 2.57. The Morgan fingerprint density at radius 1 is 1.19 bits per heavy atom. The monoisotopic (exact) mass is 368 g/mol. The molecule has 2 amide bonds. The van der Waals surface area contributed by atoms with Crippen LogP contribution in [0.15, 0.2) is 24.3 Å². The predicted molar refractivity (Wildman–Crippen MR) is 101 cm³/mol. The molecule has 3 aliphatic carbocycles. The molecule has 2 bridgehead atoms. The number of ether oxygens (including phenoxy) is 1. The second-order valence-corrected chi connectivity index (χ2v) is 9.03. The molecule has 5 aliphatic rings. The number of nitrogens with zero attached hydrogens (tertiary/aromatic N) is 1. The molecule has 1 spiro atoms. The standard InChI is InChI=1S/C22H28N2O3/c1-14-8-10-24(11-9-14)21(26)18-12-16-7-6-15(18)13-22(16)23-20(25)17-4-2-3-5-19(17)27-22/h2-5,14-16,18H,6-13H2,1H3,(H,23,25)/t15-,16+,18+,22+/m0/s1. The molecule has 4 atom stereocenters. The number of fused-ring (bicyclic) bond motifs is 3. The maximum atomic E-state index is 13.2. The third-order valence-electron chi connectivity index (χ3n) is 7.38. The topological polar surface area (TPSA) is 58.6 Å². The lowest BCUT2D eigenvalue weighted by Crippen LogP contribution is -2.67. The van der Waals surface area contributed by atoms with Crippen LogP contribution in [0.5, 0.6) is 5.75 Å². The molecule has 0 radical (unpaired) electrons. The number of amides is 2. The Morgan fingerprint density at radius 3 is 2.70 bits per heavy atom. The molecule has 1 aromatic carbocycles. The first-order valence-corrected chi connectivity index (χ1v) is 10.4. The maximum Gasteiger partial charge on any atom is 0.258 e. The molecule has 1 N–H and O–H groups in total. The van der Waals surface area contributed by atoms with Gasteiger partial charge in [-0.25, -0.2) is 0 Å². The van der Waals surface area contributed by atoms with Crippen LogP contribution in [0.3, 0.4) is 0 Å². The van der Waals surface area contributed by atoms with E-state index in [9.17, 15) is 9.59 Å². The van der Waals surface area contributed by atoms with Crippen LogP contribution in [0.4, 0.5) is 0 Å². The van der Waals surface area contributed by atoms with Crippen LogP contribution in [-0.4, -0.2) is 35.5 Å². The first kappa shape index (κ1) is 17.1. The van der Waals surface area contributed by atoms with Crippen molar-refractivity contribution in [1.29, 1.82) is 0 Å². The quantitative estimate of drug-likeness (QED) is 0.828. The fourth-order valence-corrected chi connectivity index (χ4v) is 5.73. The van der Waals surface area contributed by atoms with Crippen molar-refractivity contribution in [2.24, 2.45) is 23.7 Å². The Balaban J connectivity index is 1.35. The summed E-state index contributed by atoms with van der Waals surface area (Å²) in [7, 11) is 0. The summed E-state index contributed by atoms with van der Waals surface area (Å²) >= 11 is 0. The highest BCUT2D eigenvalue weighted by atomic mass is 16.5. The van der Waals surface area contributed by atoms with E-state index < -0.39 is 5.72 Å². The van der Waals surface area contributed by atoms with Gasteiger partial charge in [-0.1, -0.05) is 19.1 Å². The van der Waals surface area contributed by atoms with E-state index in [0.29, 0.717) is 23.1 Å². The zero-order valence-electron chi connectivity index (χ0n) is 15.9. The van der Waals surface area contributed by atoms with E-state index in [1.54, 1.807) is 0 Å². The molecule has 5 nitrogen and oxygen atoms in total. The summed E-state index contributed by atoms with van der Waals surface area (Å²) in [6, 6.07) is 7.47. The third-order valence-corrected chi connectivity index (χ3v) is 7.38. The Morgan fingerprint density at radius 2 is 1.96 bits per heavy atom. The van der Waals surface area contributed by atoms with Gasteiger partial charge in [0, 0.05) is 31.3 Å². The van der Waals surface area contributed by atoms with E-state index in [1.807, 2.05) is 24.3 Å². The van der Waals surface area contributed by atoms with Gasteiger partial charge in [0.2, 0.25) is 5.91 Å².